The lowest BCUT2D eigenvalue weighted by molar-refractivity contribution is -0.163. The molecule has 0 saturated heterocycles. The lowest BCUT2D eigenvalue weighted by Crippen LogP contribution is -2.16. The van der Waals surface area contributed by atoms with Crippen molar-refractivity contribution in [2.24, 2.45) is 0 Å². The quantitative estimate of drug-likeness (QED) is 0.341. The van der Waals surface area contributed by atoms with Crippen LogP contribution in [0.5, 0.6) is 0 Å². The summed E-state index contributed by atoms with van der Waals surface area (Å²) >= 11 is 0. The maximum absolute atomic E-state index is 10.1. The van der Waals surface area contributed by atoms with Crippen molar-refractivity contribution in [2.75, 3.05) is 6.61 Å². The van der Waals surface area contributed by atoms with E-state index >= 15 is 0 Å². The number of hydrogen-bond acceptors (Lipinski definition) is 3. The molecule has 94 valence electrons. The zero-order chi connectivity index (χ0) is 12.8. The van der Waals surface area contributed by atoms with Gasteiger partial charge in [-0.05, 0) is 19.8 Å². The summed E-state index contributed by atoms with van der Waals surface area (Å²) in [6.07, 6.45) is 8.86. The predicted octanol–water partition coefficient (Wildman–Crippen LogP) is 2.78. The number of carboxylic acids is 1. The molecule has 16 heavy (non-hydrogen) atoms. The monoisotopic (exact) mass is 230 g/mol. The average molecular weight is 230 g/mol. The zero-order valence-corrected chi connectivity index (χ0v) is 10.4. The van der Waals surface area contributed by atoms with Gasteiger partial charge in [0.2, 0.25) is 0 Å². The Kier molecular flexibility index (Phi) is 14.6. The number of hydrogen-bond donors (Lipinski definition) is 1. The Labute approximate surface area is 97.3 Å². The van der Waals surface area contributed by atoms with Crippen molar-refractivity contribution in [3.8, 4) is 0 Å². The fraction of sp³-hybridized carbons (Fsp3) is 0.667. The highest BCUT2D eigenvalue weighted by atomic mass is 16.6. The van der Waals surface area contributed by atoms with Crippen LogP contribution in [0.1, 0.15) is 46.5 Å². The molecule has 0 aromatic carbocycles. The lowest BCUT2D eigenvalue weighted by atomic mass is 10.2. The minimum absolute atomic E-state index is 0.172. The number of unbranched alkanes of at least 4 members (excludes halogenated alkanes) is 2. The van der Waals surface area contributed by atoms with Crippen LogP contribution in [0, 0.1) is 0 Å². The minimum atomic E-state index is -1.54. The van der Waals surface area contributed by atoms with Crippen LogP contribution in [0.25, 0.3) is 0 Å². The third kappa shape index (κ3) is 15.2. The number of allylic oxidation sites excluding steroid dienone is 2. The molecule has 0 bridgehead atoms. The van der Waals surface area contributed by atoms with Gasteiger partial charge in [-0.25, -0.2) is 9.59 Å². The SMILES string of the molecule is CC=CCCCC.CCCOC(=O)C(=O)O. The van der Waals surface area contributed by atoms with Gasteiger partial charge in [0, 0.05) is 0 Å². The molecule has 0 aromatic rings. The Balaban J connectivity index is 0. The largest absolute Gasteiger partial charge is 0.473 e. The first-order valence-electron chi connectivity index (χ1n) is 5.61. The summed E-state index contributed by atoms with van der Waals surface area (Å²) in [5.41, 5.74) is 0. The number of aliphatic carboxylic acids is 1. The Hall–Kier alpha value is -1.32. The number of esters is 1. The molecule has 0 aromatic heterocycles. The molecule has 0 unspecified atom stereocenters. The van der Waals surface area contributed by atoms with Crippen molar-refractivity contribution < 1.29 is 19.4 Å². The van der Waals surface area contributed by atoms with Gasteiger partial charge >= 0.3 is 11.9 Å². The smallest absolute Gasteiger partial charge is 0.417 e. The first-order chi connectivity index (χ1) is 7.59. The van der Waals surface area contributed by atoms with E-state index in [4.69, 9.17) is 5.11 Å². The highest BCUT2D eigenvalue weighted by Crippen LogP contribution is 1.93. The molecule has 0 radical (unpaired) electrons. The van der Waals surface area contributed by atoms with Gasteiger partial charge < -0.3 is 9.84 Å². The molecule has 0 aliphatic carbocycles. The maximum atomic E-state index is 10.1. The molecule has 0 heterocycles. The highest BCUT2D eigenvalue weighted by molar-refractivity contribution is 6.28. The number of carbonyl (C=O) groups excluding carboxylic acids is 1. The summed E-state index contributed by atoms with van der Waals surface area (Å²) in [5, 5.41) is 7.93. The molecule has 4 nitrogen and oxygen atoms in total. The molecule has 4 heteroatoms. The van der Waals surface area contributed by atoms with Gasteiger partial charge in [-0.15, -0.1) is 0 Å². The second-order valence-electron chi connectivity index (χ2n) is 3.15. The molecule has 0 aliphatic rings. The summed E-state index contributed by atoms with van der Waals surface area (Å²) in [6.45, 7) is 6.24. The van der Waals surface area contributed by atoms with Crippen molar-refractivity contribution in [2.45, 2.75) is 46.5 Å². The van der Waals surface area contributed by atoms with Crippen LogP contribution in [0.3, 0.4) is 0 Å². The van der Waals surface area contributed by atoms with Crippen LogP contribution in [0.2, 0.25) is 0 Å². The fourth-order valence-corrected chi connectivity index (χ4v) is 0.745. The Bertz CT molecular complexity index is 209. The third-order valence-corrected chi connectivity index (χ3v) is 1.57. The van der Waals surface area contributed by atoms with E-state index in [2.05, 4.69) is 30.7 Å². The van der Waals surface area contributed by atoms with E-state index in [1.54, 1.807) is 6.92 Å². The van der Waals surface area contributed by atoms with E-state index in [-0.39, 0.29) is 6.61 Å². The van der Waals surface area contributed by atoms with Gasteiger partial charge in [-0.1, -0.05) is 38.8 Å². The Morgan fingerprint density at radius 2 is 1.88 bits per heavy atom. The van der Waals surface area contributed by atoms with Crippen LogP contribution in [0.15, 0.2) is 12.2 Å². The number of rotatable bonds is 5. The van der Waals surface area contributed by atoms with Crippen molar-refractivity contribution >= 4 is 11.9 Å². The third-order valence-electron chi connectivity index (χ3n) is 1.57. The van der Waals surface area contributed by atoms with E-state index < -0.39 is 11.9 Å². The molecule has 0 rings (SSSR count). The van der Waals surface area contributed by atoms with Gasteiger partial charge in [-0.3, -0.25) is 0 Å². The molecule has 0 saturated carbocycles. The van der Waals surface area contributed by atoms with Crippen LogP contribution < -0.4 is 0 Å². The van der Waals surface area contributed by atoms with E-state index in [1.807, 2.05) is 0 Å². The Morgan fingerprint density at radius 1 is 1.25 bits per heavy atom. The molecule has 0 atom stereocenters. The lowest BCUT2D eigenvalue weighted by Gasteiger charge is -1.95. The first kappa shape index (κ1) is 17.1. The number of carbonyl (C=O) groups is 2. The molecular weight excluding hydrogens is 208 g/mol. The molecule has 1 N–H and O–H groups in total. The topological polar surface area (TPSA) is 63.6 Å². The van der Waals surface area contributed by atoms with Crippen LogP contribution in [-0.2, 0) is 14.3 Å². The normalized spacial score (nSPS) is 9.44. The maximum Gasteiger partial charge on any atom is 0.417 e. The highest BCUT2D eigenvalue weighted by Gasteiger charge is 2.10. The van der Waals surface area contributed by atoms with E-state index in [9.17, 15) is 9.59 Å². The summed E-state index contributed by atoms with van der Waals surface area (Å²) in [6, 6.07) is 0. The average Bonchev–Trinajstić information content (AvgIpc) is 2.27. The van der Waals surface area contributed by atoms with Crippen molar-refractivity contribution in [1.29, 1.82) is 0 Å². The van der Waals surface area contributed by atoms with E-state index in [0.717, 1.165) is 0 Å². The second-order valence-corrected chi connectivity index (χ2v) is 3.15. The molecule has 0 spiro atoms. The fourth-order valence-electron chi connectivity index (χ4n) is 0.745. The van der Waals surface area contributed by atoms with Gasteiger partial charge in [0.05, 0.1) is 6.61 Å². The second kappa shape index (κ2) is 13.7. The molecule has 0 amide bonds. The summed E-state index contributed by atoms with van der Waals surface area (Å²) in [5.74, 6) is -2.72. The Morgan fingerprint density at radius 3 is 2.25 bits per heavy atom. The molecule has 0 fully saturated rings. The zero-order valence-electron chi connectivity index (χ0n) is 10.4. The summed E-state index contributed by atoms with van der Waals surface area (Å²) < 4.78 is 4.21. The van der Waals surface area contributed by atoms with Gasteiger partial charge in [0.25, 0.3) is 0 Å². The van der Waals surface area contributed by atoms with Crippen molar-refractivity contribution in [3.05, 3.63) is 12.2 Å². The minimum Gasteiger partial charge on any atom is -0.473 e. The van der Waals surface area contributed by atoms with Crippen LogP contribution >= 0.6 is 0 Å². The van der Waals surface area contributed by atoms with Crippen LogP contribution in [-0.4, -0.2) is 23.7 Å². The molecule has 0 aliphatic heterocycles. The van der Waals surface area contributed by atoms with Crippen molar-refractivity contribution in [1.82, 2.24) is 0 Å². The van der Waals surface area contributed by atoms with E-state index in [0.29, 0.717) is 6.42 Å². The summed E-state index contributed by atoms with van der Waals surface area (Å²) in [7, 11) is 0. The van der Waals surface area contributed by atoms with Crippen LogP contribution in [0.4, 0.5) is 0 Å². The summed E-state index contributed by atoms with van der Waals surface area (Å²) in [4.78, 5) is 19.8. The van der Waals surface area contributed by atoms with Gasteiger partial charge in [-0.2, -0.15) is 0 Å². The predicted molar refractivity (Wildman–Crippen MR) is 63.2 cm³/mol. The molecular formula is C12H22O4. The van der Waals surface area contributed by atoms with Crippen molar-refractivity contribution in [3.63, 3.8) is 0 Å². The first-order valence-corrected chi connectivity index (χ1v) is 5.61. The van der Waals surface area contributed by atoms with E-state index in [1.165, 1.54) is 19.3 Å². The number of ether oxygens (including phenoxy) is 1. The standard InChI is InChI=1S/C7H14.C5H8O4/c1-3-5-7-6-4-2;1-2-3-9-5(8)4(6)7/h3,5H,4,6-7H2,1-2H3;2-3H2,1H3,(H,6,7). The van der Waals surface area contributed by atoms with Gasteiger partial charge in [0.1, 0.15) is 0 Å². The van der Waals surface area contributed by atoms with Gasteiger partial charge in [0.15, 0.2) is 0 Å². The number of carboxylic acid groups (broad SMARTS) is 1.